The molecule has 1 aromatic carbocycles. The molecule has 4 rings (SSSR count). The fourth-order valence-corrected chi connectivity index (χ4v) is 5.45. The summed E-state index contributed by atoms with van der Waals surface area (Å²) in [5.41, 5.74) is 1.03. The Morgan fingerprint density at radius 1 is 1.33 bits per heavy atom. The number of pyridine rings is 2. The molecule has 0 aliphatic carbocycles. The molecular weight excluding hydrogens is 404 g/mol. The lowest BCUT2D eigenvalue weighted by Gasteiger charge is -2.18. The van der Waals surface area contributed by atoms with E-state index >= 15 is 0 Å². The number of aromatic nitrogens is 2. The minimum atomic E-state index is -3.29. The number of nitrogens with zero attached hydrogens (tertiary/aromatic N) is 4. The molecule has 1 fully saturated rings. The van der Waals surface area contributed by atoms with Crippen molar-refractivity contribution in [1.82, 2.24) is 9.55 Å². The minimum absolute atomic E-state index is 0.0638. The Hall–Kier alpha value is -3.51. The van der Waals surface area contributed by atoms with Gasteiger partial charge in [0.1, 0.15) is 11.6 Å². The maximum absolute atomic E-state index is 12.8. The van der Waals surface area contributed by atoms with Gasteiger partial charge in [0, 0.05) is 17.8 Å². The van der Waals surface area contributed by atoms with Gasteiger partial charge in [0.2, 0.25) is 5.88 Å². The number of rotatable bonds is 3. The van der Waals surface area contributed by atoms with Gasteiger partial charge in [-0.15, -0.1) is 0 Å². The molecule has 8 nitrogen and oxygen atoms in total. The second-order valence-corrected chi connectivity index (χ2v) is 9.42. The number of sulfone groups is 1. The van der Waals surface area contributed by atoms with Crippen LogP contribution < -0.4 is 5.56 Å². The predicted molar refractivity (Wildman–Crippen MR) is 113 cm³/mol. The van der Waals surface area contributed by atoms with Crippen molar-refractivity contribution < 1.29 is 13.5 Å². The fraction of sp³-hybridized carbons (Fsp3) is 0.238. The first-order valence-corrected chi connectivity index (χ1v) is 11.1. The van der Waals surface area contributed by atoms with E-state index in [1.807, 2.05) is 18.2 Å². The van der Waals surface area contributed by atoms with Crippen molar-refractivity contribution in [1.29, 1.82) is 5.26 Å². The molecule has 0 radical (unpaired) electrons. The molecule has 0 bridgehead atoms. The van der Waals surface area contributed by atoms with E-state index in [-0.39, 0.29) is 34.9 Å². The van der Waals surface area contributed by atoms with Gasteiger partial charge in [0.05, 0.1) is 34.3 Å². The zero-order valence-corrected chi connectivity index (χ0v) is 16.9. The van der Waals surface area contributed by atoms with Crippen LogP contribution in [0.1, 0.15) is 29.2 Å². The average Bonchev–Trinajstić information content (AvgIpc) is 3.07. The average molecular weight is 422 g/mol. The van der Waals surface area contributed by atoms with E-state index in [9.17, 15) is 23.6 Å². The summed E-state index contributed by atoms with van der Waals surface area (Å²) >= 11 is 0. The normalized spacial score (nSPS) is 18.1. The van der Waals surface area contributed by atoms with Crippen LogP contribution in [-0.2, 0) is 9.84 Å². The van der Waals surface area contributed by atoms with Crippen molar-refractivity contribution in [3.8, 4) is 11.9 Å². The second-order valence-electron chi connectivity index (χ2n) is 7.19. The van der Waals surface area contributed by atoms with Gasteiger partial charge >= 0.3 is 0 Å². The summed E-state index contributed by atoms with van der Waals surface area (Å²) in [5.74, 6) is -0.702. The summed E-state index contributed by atoms with van der Waals surface area (Å²) in [7, 11) is -3.29. The molecule has 0 unspecified atom stereocenters. The lowest BCUT2D eigenvalue weighted by atomic mass is 10.0. The van der Waals surface area contributed by atoms with Gasteiger partial charge in [0.15, 0.2) is 9.84 Å². The number of hydrogen-bond donors (Lipinski definition) is 1. The predicted octanol–water partition coefficient (Wildman–Crippen LogP) is 2.39. The molecule has 1 saturated heterocycles. The summed E-state index contributed by atoms with van der Waals surface area (Å²) in [6, 6.07) is 10.3. The van der Waals surface area contributed by atoms with Gasteiger partial charge in [-0.05, 0) is 43.2 Å². The van der Waals surface area contributed by atoms with E-state index in [4.69, 9.17) is 0 Å². The Labute approximate surface area is 172 Å². The second kappa shape index (κ2) is 7.39. The number of hydrogen-bond acceptors (Lipinski definition) is 7. The van der Waals surface area contributed by atoms with Gasteiger partial charge in [-0.3, -0.25) is 19.3 Å². The van der Waals surface area contributed by atoms with Crippen molar-refractivity contribution in [2.24, 2.45) is 4.99 Å². The highest BCUT2D eigenvalue weighted by Crippen LogP contribution is 2.30. The third kappa shape index (κ3) is 3.35. The maximum atomic E-state index is 12.8. The van der Waals surface area contributed by atoms with Crippen LogP contribution in [0.2, 0.25) is 0 Å². The molecule has 0 saturated carbocycles. The zero-order chi connectivity index (χ0) is 21.5. The zero-order valence-electron chi connectivity index (χ0n) is 16.1. The first kappa shape index (κ1) is 19.8. The Morgan fingerprint density at radius 3 is 2.83 bits per heavy atom. The number of fused-ring (bicyclic) bond motifs is 1. The highest BCUT2D eigenvalue weighted by atomic mass is 32.2. The summed E-state index contributed by atoms with van der Waals surface area (Å²) in [5, 5.41) is 21.2. The van der Waals surface area contributed by atoms with Crippen LogP contribution in [-0.4, -0.2) is 40.8 Å². The van der Waals surface area contributed by atoms with Crippen LogP contribution >= 0.6 is 0 Å². The molecule has 1 atom stereocenters. The number of benzene rings is 1. The smallest absolute Gasteiger partial charge is 0.271 e. The third-order valence-electron chi connectivity index (χ3n) is 5.32. The molecule has 0 spiro atoms. The van der Waals surface area contributed by atoms with E-state index < -0.39 is 21.4 Å². The topological polar surface area (TPSA) is 125 Å². The van der Waals surface area contributed by atoms with E-state index in [0.29, 0.717) is 11.3 Å². The van der Waals surface area contributed by atoms with Crippen molar-refractivity contribution in [3.63, 3.8) is 0 Å². The highest BCUT2D eigenvalue weighted by molar-refractivity contribution is 7.91. The summed E-state index contributed by atoms with van der Waals surface area (Å²) in [6.07, 6.45) is 3.28. The van der Waals surface area contributed by atoms with Crippen LogP contribution in [0.3, 0.4) is 0 Å². The van der Waals surface area contributed by atoms with E-state index in [2.05, 4.69) is 9.98 Å². The van der Waals surface area contributed by atoms with Crippen molar-refractivity contribution in [3.05, 3.63) is 63.6 Å². The van der Waals surface area contributed by atoms with Crippen molar-refractivity contribution >= 4 is 32.6 Å². The Bertz CT molecular complexity index is 1400. The van der Waals surface area contributed by atoms with Crippen molar-refractivity contribution in [2.75, 3.05) is 11.5 Å². The first-order valence-electron chi connectivity index (χ1n) is 9.29. The van der Waals surface area contributed by atoms with Gasteiger partial charge in [-0.1, -0.05) is 6.07 Å². The van der Waals surface area contributed by atoms with Gasteiger partial charge in [-0.2, -0.15) is 5.26 Å². The molecule has 2 aromatic heterocycles. The Morgan fingerprint density at radius 2 is 2.13 bits per heavy atom. The van der Waals surface area contributed by atoms with Crippen LogP contribution in [0.5, 0.6) is 5.88 Å². The molecule has 3 aromatic rings. The van der Waals surface area contributed by atoms with Gasteiger partial charge < -0.3 is 5.11 Å². The molecule has 0 amide bonds. The Balaban J connectivity index is 1.88. The molecule has 1 aliphatic rings. The SMILES string of the molecule is Cc1c(C=Nc2cccc3ncccc23)c(O)n([C@H]2CCS(=O)(=O)C2)c(=O)c1C#N. The highest BCUT2D eigenvalue weighted by Gasteiger charge is 2.33. The Kier molecular flexibility index (Phi) is 4.87. The summed E-state index contributed by atoms with van der Waals surface area (Å²) in [4.78, 5) is 21.5. The van der Waals surface area contributed by atoms with Gasteiger partial charge in [0.25, 0.3) is 5.56 Å². The molecular formula is C21H18N4O4S. The van der Waals surface area contributed by atoms with Gasteiger partial charge in [-0.25, -0.2) is 8.42 Å². The molecule has 3 heterocycles. The van der Waals surface area contributed by atoms with Crippen LogP contribution in [0, 0.1) is 18.3 Å². The van der Waals surface area contributed by atoms with E-state index in [0.717, 1.165) is 15.5 Å². The van der Waals surface area contributed by atoms with Crippen LogP contribution in [0.4, 0.5) is 5.69 Å². The summed E-state index contributed by atoms with van der Waals surface area (Å²) < 4.78 is 24.8. The lowest BCUT2D eigenvalue weighted by Crippen LogP contribution is -2.29. The molecule has 1 N–H and O–H groups in total. The first-order chi connectivity index (χ1) is 14.3. The lowest BCUT2D eigenvalue weighted by molar-refractivity contribution is 0.379. The number of aromatic hydroxyl groups is 1. The third-order valence-corrected chi connectivity index (χ3v) is 7.07. The quantitative estimate of drug-likeness (QED) is 0.646. The number of aliphatic imine (C=N–C) groups is 1. The largest absolute Gasteiger partial charge is 0.494 e. The monoisotopic (exact) mass is 422 g/mol. The molecule has 1 aliphatic heterocycles. The van der Waals surface area contributed by atoms with E-state index in [1.165, 1.54) is 6.21 Å². The van der Waals surface area contributed by atoms with Crippen LogP contribution in [0.25, 0.3) is 10.9 Å². The maximum Gasteiger partial charge on any atom is 0.271 e. The minimum Gasteiger partial charge on any atom is -0.494 e. The molecule has 152 valence electrons. The van der Waals surface area contributed by atoms with Crippen LogP contribution in [0.15, 0.2) is 46.3 Å². The number of nitriles is 1. The van der Waals surface area contributed by atoms with Crippen molar-refractivity contribution in [2.45, 2.75) is 19.4 Å². The summed E-state index contributed by atoms with van der Waals surface area (Å²) in [6.45, 7) is 1.56. The molecule has 9 heteroatoms. The standard InChI is InChI=1S/C21H18N4O4S/c1-13-16(10-22)20(26)25(14-7-9-30(28,29)12-14)21(27)17(13)11-24-19-6-2-5-18-15(19)4-3-8-23-18/h2-6,8,11,14,27H,7,9,12H2,1H3/t14-/m0/s1. The fourth-order valence-electron chi connectivity index (χ4n) is 3.75. The molecule has 30 heavy (non-hydrogen) atoms. The van der Waals surface area contributed by atoms with E-state index in [1.54, 1.807) is 31.3 Å².